The summed E-state index contributed by atoms with van der Waals surface area (Å²) in [4.78, 5) is 1.10. The molecule has 0 aliphatic rings. The van der Waals surface area contributed by atoms with Gasteiger partial charge in [0, 0.05) is 22.5 Å². The summed E-state index contributed by atoms with van der Waals surface area (Å²) >= 11 is 0. The average Bonchev–Trinajstić information content (AvgIpc) is 3.10. The van der Waals surface area contributed by atoms with Gasteiger partial charge in [-0.3, -0.25) is 0 Å². The molecule has 28 heavy (non-hydrogen) atoms. The molecule has 6 nitrogen and oxygen atoms in total. The van der Waals surface area contributed by atoms with Crippen molar-refractivity contribution in [2.75, 3.05) is 11.9 Å². The Hall–Kier alpha value is -3.08. The molecule has 3 rings (SSSR count). The van der Waals surface area contributed by atoms with Crippen LogP contribution in [-0.4, -0.2) is 31.9 Å². The maximum absolute atomic E-state index is 13.1. The van der Waals surface area contributed by atoms with Gasteiger partial charge in [0.1, 0.15) is 0 Å². The van der Waals surface area contributed by atoms with Gasteiger partial charge in [-0.1, -0.05) is 6.07 Å². The van der Waals surface area contributed by atoms with Crippen molar-refractivity contribution < 1.29 is 27.1 Å². The quantitative estimate of drug-likeness (QED) is 0.612. The third kappa shape index (κ3) is 4.42. The van der Waals surface area contributed by atoms with Crippen molar-refractivity contribution in [3.05, 3.63) is 53.6 Å². The number of alkyl halides is 5. The van der Waals surface area contributed by atoms with Gasteiger partial charge in [0.15, 0.2) is 0 Å². The van der Waals surface area contributed by atoms with Crippen molar-refractivity contribution in [2.24, 2.45) is 0 Å². The third-order valence-electron chi connectivity index (χ3n) is 3.78. The highest BCUT2D eigenvalue weighted by Gasteiger charge is 2.30. The normalized spacial score (nSPS) is 11.8. The second-order valence-corrected chi connectivity index (χ2v) is 5.74. The Bertz CT molecular complexity index is 940. The fourth-order valence-corrected chi connectivity index (χ4v) is 2.42. The molecule has 1 heterocycles. The van der Waals surface area contributed by atoms with Crippen LogP contribution in [-0.2, 0) is 12.7 Å². The van der Waals surface area contributed by atoms with Gasteiger partial charge in [0.25, 0.3) is 6.43 Å². The topological polar surface area (TPSA) is 75.9 Å². The lowest BCUT2D eigenvalue weighted by atomic mass is 10.1. The van der Waals surface area contributed by atoms with E-state index >= 15 is 0 Å². The molecule has 0 amide bonds. The third-order valence-corrected chi connectivity index (χ3v) is 3.78. The van der Waals surface area contributed by atoms with E-state index in [4.69, 9.17) is 5.11 Å². The number of tetrazole rings is 1. The van der Waals surface area contributed by atoms with Crippen molar-refractivity contribution in [2.45, 2.75) is 19.1 Å². The monoisotopic (exact) mass is 399 g/mol. The van der Waals surface area contributed by atoms with Gasteiger partial charge < -0.3 is 10.4 Å². The number of aliphatic hydroxyl groups is 1. The molecule has 0 atom stereocenters. The van der Waals surface area contributed by atoms with E-state index in [1.807, 2.05) is 0 Å². The van der Waals surface area contributed by atoms with Gasteiger partial charge >= 0.3 is 6.18 Å². The zero-order valence-electron chi connectivity index (χ0n) is 14.2. The molecule has 0 radical (unpaired) electrons. The summed E-state index contributed by atoms with van der Waals surface area (Å²) in [6, 6.07) is 8.00. The van der Waals surface area contributed by atoms with E-state index in [-0.39, 0.29) is 30.1 Å². The Balaban J connectivity index is 1.95. The van der Waals surface area contributed by atoms with Crippen LogP contribution in [0.2, 0.25) is 0 Å². The summed E-state index contributed by atoms with van der Waals surface area (Å²) in [6.45, 7) is -0.160. The Labute approximate surface area is 155 Å². The lowest BCUT2D eigenvalue weighted by Gasteiger charge is -2.13. The predicted molar refractivity (Wildman–Crippen MR) is 90.0 cm³/mol. The molecular weight excluding hydrogens is 385 g/mol. The molecule has 0 unspecified atom stereocenters. The van der Waals surface area contributed by atoms with Crippen LogP contribution in [0.3, 0.4) is 0 Å². The first kappa shape index (κ1) is 19.7. The van der Waals surface area contributed by atoms with Crippen molar-refractivity contribution >= 4 is 11.4 Å². The molecule has 0 aliphatic carbocycles. The smallest absolute Gasteiger partial charge is 0.394 e. The Morgan fingerprint density at radius 3 is 2.39 bits per heavy atom. The summed E-state index contributed by atoms with van der Waals surface area (Å²) in [5.74, 6) is 0.0327. The lowest BCUT2D eigenvalue weighted by molar-refractivity contribution is -0.137. The van der Waals surface area contributed by atoms with Crippen LogP contribution in [0.1, 0.15) is 17.6 Å². The summed E-state index contributed by atoms with van der Waals surface area (Å²) in [7, 11) is 0. The van der Waals surface area contributed by atoms with Crippen LogP contribution in [0.5, 0.6) is 0 Å². The molecule has 2 N–H and O–H groups in total. The van der Waals surface area contributed by atoms with Crippen molar-refractivity contribution in [1.29, 1.82) is 0 Å². The fraction of sp³-hybridized carbons (Fsp3) is 0.235. The number of rotatable bonds is 6. The van der Waals surface area contributed by atoms with E-state index in [9.17, 15) is 22.0 Å². The van der Waals surface area contributed by atoms with Crippen LogP contribution in [0.15, 0.2) is 42.5 Å². The number of aliphatic hydroxyl groups excluding tert-OH is 1. The van der Waals surface area contributed by atoms with E-state index < -0.39 is 18.2 Å². The van der Waals surface area contributed by atoms with Crippen molar-refractivity contribution in [3.8, 4) is 11.4 Å². The second kappa shape index (κ2) is 7.89. The maximum atomic E-state index is 13.1. The summed E-state index contributed by atoms with van der Waals surface area (Å²) < 4.78 is 64.2. The number of anilines is 2. The Morgan fingerprint density at radius 2 is 1.79 bits per heavy atom. The van der Waals surface area contributed by atoms with E-state index in [1.54, 1.807) is 0 Å². The highest BCUT2D eigenvalue weighted by atomic mass is 19.4. The molecule has 0 spiro atoms. The molecule has 2 aromatic carbocycles. The van der Waals surface area contributed by atoms with Gasteiger partial charge in [-0.25, -0.2) is 8.78 Å². The number of nitrogens with one attached hydrogen (secondary N) is 1. The standard InChI is InChI=1S/C17H14F5N5O/c18-15(19)10-1-6-14(13(9-10)16-24-26-27(25-16)7-8-28)23-12-4-2-11(3-5-12)17(20,21)22/h1-6,9,15,23,28H,7-8H2. The van der Waals surface area contributed by atoms with Crippen LogP contribution >= 0.6 is 0 Å². The molecule has 0 bridgehead atoms. The minimum absolute atomic E-state index is 0.0327. The molecule has 3 aromatic rings. The summed E-state index contributed by atoms with van der Waals surface area (Å²) in [5, 5.41) is 23.3. The lowest BCUT2D eigenvalue weighted by Crippen LogP contribution is -2.06. The molecule has 1 aromatic heterocycles. The SMILES string of the molecule is OCCn1nnc(-c2cc(C(F)F)ccc2Nc2ccc(C(F)(F)F)cc2)n1. The molecule has 0 saturated carbocycles. The first-order valence-electron chi connectivity index (χ1n) is 8.03. The van der Waals surface area contributed by atoms with E-state index in [0.29, 0.717) is 11.4 Å². The molecule has 11 heteroatoms. The van der Waals surface area contributed by atoms with Gasteiger partial charge in [-0.15, -0.1) is 10.2 Å². The fourth-order valence-electron chi connectivity index (χ4n) is 2.42. The highest BCUT2D eigenvalue weighted by molar-refractivity contribution is 5.78. The number of hydrogen-bond donors (Lipinski definition) is 2. The number of hydrogen-bond acceptors (Lipinski definition) is 5. The molecular formula is C17H14F5N5O. The van der Waals surface area contributed by atoms with Crippen LogP contribution < -0.4 is 5.32 Å². The molecule has 148 valence electrons. The maximum Gasteiger partial charge on any atom is 0.416 e. The summed E-state index contributed by atoms with van der Waals surface area (Å²) in [5.41, 5.74) is -0.247. The zero-order valence-corrected chi connectivity index (χ0v) is 14.2. The van der Waals surface area contributed by atoms with Gasteiger partial charge in [-0.05, 0) is 41.6 Å². The van der Waals surface area contributed by atoms with Crippen molar-refractivity contribution in [1.82, 2.24) is 20.2 Å². The Morgan fingerprint density at radius 1 is 1.07 bits per heavy atom. The number of nitrogens with zero attached hydrogens (tertiary/aromatic N) is 4. The van der Waals surface area contributed by atoms with Crippen molar-refractivity contribution in [3.63, 3.8) is 0 Å². The molecule has 0 saturated heterocycles. The van der Waals surface area contributed by atoms with E-state index in [2.05, 4.69) is 20.7 Å². The minimum Gasteiger partial charge on any atom is -0.394 e. The first-order valence-corrected chi connectivity index (χ1v) is 8.03. The minimum atomic E-state index is -4.46. The van der Waals surface area contributed by atoms with Gasteiger partial charge in [0.05, 0.1) is 18.7 Å². The van der Waals surface area contributed by atoms with Crippen LogP contribution in [0.4, 0.5) is 33.3 Å². The predicted octanol–water partition coefficient (Wildman–Crippen LogP) is 4.03. The zero-order chi connectivity index (χ0) is 20.3. The van der Waals surface area contributed by atoms with E-state index in [0.717, 1.165) is 16.9 Å². The number of aromatic nitrogens is 4. The highest BCUT2D eigenvalue weighted by Crippen LogP contribution is 2.34. The molecule has 0 aliphatic heterocycles. The number of benzene rings is 2. The van der Waals surface area contributed by atoms with Gasteiger partial charge in [0.2, 0.25) is 5.82 Å². The molecule has 0 fully saturated rings. The number of halogens is 5. The van der Waals surface area contributed by atoms with E-state index in [1.165, 1.54) is 30.3 Å². The van der Waals surface area contributed by atoms with Gasteiger partial charge in [-0.2, -0.15) is 18.0 Å². The first-order chi connectivity index (χ1) is 13.3. The Kier molecular flexibility index (Phi) is 5.54. The second-order valence-electron chi connectivity index (χ2n) is 5.74. The largest absolute Gasteiger partial charge is 0.416 e. The van der Waals surface area contributed by atoms with Crippen LogP contribution in [0, 0.1) is 0 Å². The summed E-state index contributed by atoms with van der Waals surface area (Å²) in [6.07, 6.45) is -7.19. The average molecular weight is 399 g/mol. The van der Waals surface area contributed by atoms with Crippen LogP contribution in [0.25, 0.3) is 11.4 Å².